The van der Waals surface area contributed by atoms with Gasteiger partial charge in [0.1, 0.15) is 12.1 Å². The summed E-state index contributed by atoms with van der Waals surface area (Å²) >= 11 is 0. The number of carbonyl (C=O) groups is 5. The largest absolute Gasteiger partial charge is 0.394 e. The smallest absolute Gasteiger partial charge is 0.247 e. The molecular weight excluding hydrogens is 432 g/mol. The minimum atomic E-state index is -1.07. The lowest BCUT2D eigenvalue weighted by atomic mass is 10.0. The number of hydrogen-bond donors (Lipinski definition) is 6. The van der Waals surface area contributed by atoms with Crippen molar-refractivity contribution in [3.63, 3.8) is 0 Å². The average Bonchev–Trinajstić information content (AvgIpc) is 2.77. The molecular formula is C21H36N6O6. The Balaban J connectivity index is 5.00. The van der Waals surface area contributed by atoms with Crippen LogP contribution in [0.4, 0.5) is 0 Å². The number of allylic oxidation sites excluding steroid dienone is 1. The zero-order chi connectivity index (χ0) is 25.6. The molecule has 33 heavy (non-hydrogen) atoms. The average molecular weight is 469 g/mol. The lowest BCUT2D eigenvalue weighted by Crippen LogP contribution is -2.53. The zero-order valence-electron chi connectivity index (χ0n) is 19.9. The van der Waals surface area contributed by atoms with Gasteiger partial charge in [-0.15, -0.1) is 0 Å². The van der Waals surface area contributed by atoms with Crippen LogP contribution in [0.15, 0.2) is 24.3 Å². The van der Waals surface area contributed by atoms with Crippen LogP contribution in [-0.4, -0.2) is 98.0 Å². The molecule has 6 N–H and O–H groups in total. The van der Waals surface area contributed by atoms with E-state index < -0.39 is 55.4 Å². The fraction of sp³-hybridized carbons (Fsp3) is 0.571. The highest BCUT2D eigenvalue weighted by Crippen LogP contribution is 2.11. The molecule has 0 fully saturated rings. The van der Waals surface area contributed by atoms with Gasteiger partial charge in [-0.1, -0.05) is 18.7 Å². The van der Waals surface area contributed by atoms with Crippen LogP contribution < -0.4 is 26.6 Å². The molecule has 0 aliphatic carbocycles. The highest BCUT2D eigenvalue weighted by atomic mass is 16.3. The Bertz CT molecular complexity index is 748. The van der Waals surface area contributed by atoms with E-state index in [0.717, 1.165) is 4.90 Å². The third-order valence-electron chi connectivity index (χ3n) is 4.49. The van der Waals surface area contributed by atoms with Gasteiger partial charge in [-0.2, -0.15) is 0 Å². The van der Waals surface area contributed by atoms with Crippen LogP contribution >= 0.6 is 0 Å². The van der Waals surface area contributed by atoms with Gasteiger partial charge in [-0.25, -0.2) is 0 Å². The number of carbonyl (C=O) groups excluding carboxylic acids is 5. The molecule has 0 heterocycles. The molecule has 0 aromatic heterocycles. The van der Waals surface area contributed by atoms with Gasteiger partial charge < -0.3 is 36.6 Å². The predicted octanol–water partition coefficient (Wildman–Crippen LogP) is -2.60. The summed E-state index contributed by atoms with van der Waals surface area (Å²) in [7, 11) is 2.88. The van der Waals surface area contributed by atoms with Crippen molar-refractivity contribution in [3.05, 3.63) is 24.3 Å². The number of likely N-dealkylation sites (N-methyl/N-ethyl adjacent to an activating group) is 2. The second kappa shape index (κ2) is 15.5. The quantitative estimate of drug-likeness (QED) is 0.152. The van der Waals surface area contributed by atoms with Gasteiger partial charge in [0.05, 0.1) is 26.2 Å². The Labute approximate surface area is 194 Å². The summed E-state index contributed by atoms with van der Waals surface area (Å²) in [4.78, 5) is 62.0. The van der Waals surface area contributed by atoms with Crippen LogP contribution in [0, 0.1) is 0 Å². The summed E-state index contributed by atoms with van der Waals surface area (Å²) in [5, 5.41) is 21.5. The molecule has 0 rings (SSSR count). The van der Waals surface area contributed by atoms with E-state index in [-0.39, 0.29) is 18.5 Å². The van der Waals surface area contributed by atoms with Crippen LogP contribution in [-0.2, 0) is 24.0 Å². The van der Waals surface area contributed by atoms with Crippen molar-refractivity contribution in [2.75, 3.05) is 40.3 Å². The Morgan fingerprint density at radius 3 is 2.03 bits per heavy atom. The second-order valence-corrected chi connectivity index (χ2v) is 7.36. The van der Waals surface area contributed by atoms with Crippen molar-refractivity contribution in [1.29, 1.82) is 0 Å². The van der Waals surface area contributed by atoms with Crippen molar-refractivity contribution < 1.29 is 29.1 Å². The van der Waals surface area contributed by atoms with Gasteiger partial charge in [-0.05, 0) is 33.4 Å². The lowest BCUT2D eigenvalue weighted by Gasteiger charge is -2.28. The molecule has 186 valence electrons. The van der Waals surface area contributed by atoms with Gasteiger partial charge >= 0.3 is 0 Å². The maximum Gasteiger partial charge on any atom is 0.247 e. The fourth-order valence-corrected chi connectivity index (χ4v) is 2.68. The molecule has 0 aliphatic rings. The first-order valence-corrected chi connectivity index (χ1v) is 10.5. The van der Waals surface area contributed by atoms with E-state index in [4.69, 9.17) is 5.11 Å². The van der Waals surface area contributed by atoms with Crippen LogP contribution in [0.3, 0.4) is 0 Å². The Morgan fingerprint density at radius 2 is 1.55 bits per heavy atom. The first-order chi connectivity index (χ1) is 15.5. The number of aliphatic hydroxyl groups excluding tert-OH is 1. The first-order valence-electron chi connectivity index (χ1n) is 10.5. The number of nitrogens with one attached hydrogen (secondary N) is 5. The maximum atomic E-state index is 12.7. The minimum absolute atomic E-state index is 0.0881. The molecule has 0 aromatic rings. The van der Waals surface area contributed by atoms with Crippen molar-refractivity contribution in [2.45, 2.75) is 38.9 Å². The summed E-state index contributed by atoms with van der Waals surface area (Å²) in [6.45, 7) is 7.39. The monoisotopic (exact) mass is 468 g/mol. The molecule has 12 nitrogen and oxygen atoms in total. The molecule has 0 bridgehead atoms. The Kier molecular flexibility index (Phi) is 14.0. The molecule has 1 unspecified atom stereocenters. The lowest BCUT2D eigenvalue weighted by molar-refractivity contribution is -0.138. The minimum Gasteiger partial charge on any atom is -0.394 e. The molecule has 0 saturated carbocycles. The third kappa shape index (κ3) is 10.7. The number of amides is 5. The van der Waals surface area contributed by atoms with Gasteiger partial charge in [0, 0.05) is 13.1 Å². The first kappa shape index (κ1) is 29.8. The summed E-state index contributed by atoms with van der Waals surface area (Å²) in [5.74, 6) is -2.73. The van der Waals surface area contributed by atoms with E-state index in [9.17, 15) is 24.0 Å². The molecule has 0 aromatic carbocycles. The second-order valence-electron chi connectivity index (χ2n) is 7.36. The van der Waals surface area contributed by atoms with Crippen molar-refractivity contribution in [2.24, 2.45) is 0 Å². The van der Waals surface area contributed by atoms with Crippen molar-refractivity contribution >= 4 is 29.5 Å². The summed E-state index contributed by atoms with van der Waals surface area (Å²) < 4.78 is 0. The summed E-state index contributed by atoms with van der Waals surface area (Å²) in [6.07, 6.45) is 3.04. The van der Waals surface area contributed by atoms with Crippen LogP contribution in [0.25, 0.3) is 0 Å². The molecule has 5 amide bonds. The molecule has 0 radical (unpaired) electrons. The van der Waals surface area contributed by atoms with E-state index in [1.807, 2.05) is 0 Å². The normalized spacial score (nSPS) is 12.9. The molecule has 2 atom stereocenters. The van der Waals surface area contributed by atoms with Gasteiger partial charge in [0.25, 0.3) is 0 Å². The van der Waals surface area contributed by atoms with Crippen LogP contribution in [0.1, 0.15) is 20.8 Å². The van der Waals surface area contributed by atoms with Crippen molar-refractivity contribution in [3.8, 4) is 0 Å². The topological polar surface area (TPSA) is 169 Å². The molecule has 0 spiro atoms. The molecule has 0 saturated heterocycles. The summed E-state index contributed by atoms with van der Waals surface area (Å²) in [6, 6.07) is -2.01. The van der Waals surface area contributed by atoms with Crippen LogP contribution in [0.5, 0.6) is 0 Å². The van der Waals surface area contributed by atoms with Gasteiger partial charge in [0.2, 0.25) is 29.5 Å². The van der Waals surface area contributed by atoms with Gasteiger partial charge in [-0.3, -0.25) is 24.0 Å². The zero-order valence-corrected chi connectivity index (χ0v) is 19.9. The predicted molar refractivity (Wildman–Crippen MR) is 123 cm³/mol. The standard InChI is InChI=1S/C21H36N6O6/c1-7-14(8-2)19(21(33)25-10-17(30)26-13(3)4)27(6)18(31)11-23-16(29)9-24-20(32)15(12-28)22-5/h7-8,13,15,19,22,28H,1,9-12H2,2-6H3,(H,23,29)(H,24,32)(H,25,33)(H,26,30)/b14-8+/t15-,19?/m1/s1. The highest BCUT2D eigenvalue weighted by molar-refractivity contribution is 5.94. The SMILES string of the molecule is C=C/C(=C\C)C(C(=O)NCC(=O)NC(C)C)N(C)C(=O)CNC(=O)CNC(=O)[C@@H](CO)NC. The number of aliphatic hydroxyl groups is 1. The number of nitrogens with zero attached hydrogens (tertiary/aromatic N) is 1. The molecule has 0 aliphatic heterocycles. The van der Waals surface area contributed by atoms with Crippen LogP contribution in [0.2, 0.25) is 0 Å². The van der Waals surface area contributed by atoms with Crippen molar-refractivity contribution in [1.82, 2.24) is 31.5 Å². The third-order valence-corrected chi connectivity index (χ3v) is 4.49. The number of rotatable bonds is 14. The summed E-state index contributed by atoms with van der Waals surface area (Å²) in [5.41, 5.74) is 0.438. The van der Waals surface area contributed by atoms with Gasteiger partial charge in [0.15, 0.2) is 0 Å². The van der Waals surface area contributed by atoms with E-state index in [0.29, 0.717) is 5.57 Å². The molecule has 12 heteroatoms. The Morgan fingerprint density at radius 1 is 0.970 bits per heavy atom. The highest BCUT2D eigenvalue weighted by Gasteiger charge is 2.29. The number of hydrogen-bond acceptors (Lipinski definition) is 7. The Hall–Kier alpha value is -3.25. The van der Waals surface area contributed by atoms with E-state index >= 15 is 0 Å². The van der Waals surface area contributed by atoms with E-state index in [1.165, 1.54) is 20.2 Å². The van der Waals surface area contributed by atoms with E-state index in [1.54, 1.807) is 26.8 Å². The van der Waals surface area contributed by atoms with E-state index in [2.05, 4.69) is 33.2 Å². The fourth-order valence-electron chi connectivity index (χ4n) is 2.68. The maximum absolute atomic E-state index is 12.7.